The van der Waals surface area contributed by atoms with Crippen LogP contribution in [0.25, 0.3) is 0 Å². The van der Waals surface area contributed by atoms with E-state index in [4.69, 9.17) is 4.74 Å². The number of ether oxygens (including phenoxy) is 1. The molecule has 22 heavy (non-hydrogen) atoms. The van der Waals surface area contributed by atoms with Crippen LogP contribution in [-0.4, -0.2) is 32.8 Å². The van der Waals surface area contributed by atoms with Crippen molar-refractivity contribution in [2.45, 2.75) is 32.9 Å². The molecule has 0 unspecified atom stereocenters. The Bertz CT molecular complexity index is 706. The lowest BCUT2D eigenvalue weighted by molar-refractivity contribution is 0.0927. The van der Waals surface area contributed by atoms with Gasteiger partial charge in [0.1, 0.15) is 17.8 Å². The van der Waals surface area contributed by atoms with Crippen LogP contribution in [0.15, 0.2) is 23.4 Å². The maximum absolute atomic E-state index is 12.3. The molecule has 0 saturated heterocycles. The van der Waals surface area contributed by atoms with Crippen molar-refractivity contribution in [3.63, 3.8) is 0 Å². The van der Waals surface area contributed by atoms with Crippen LogP contribution in [0, 0.1) is 0 Å². The highest BCUT2D eigenvalue weighted by molar-refractivity contribution is 5.92. The molecule has 2 rings (SSSR count). The minimum absolute atomic E-state index is 0.161. The molecule has 1 atom stereocenters. The molecule has 2 heterocycles. The van der Waals surface area contributed by atoms with Crippen LogP contribution in [0.1, 0.15) is 42.6 Å². The summed E-state index contributed by atoms with van der Waals surface area (Å²) >= 11 is 0. The van der Waals surface area contributed by atoms with Gasteiger partial charge in [0.15, 0.2) is 5.75 Å². The molecule has 8 heteroatoms. The Labute approximate surface area is 127 Å². The lowest BCUT2D eigenvalue weighted by Gasteiger charge is -2.16. The average Bonchev–Trinajstić information content (AvgIpc) is 3.00. The lowest BCUT2D eigenvalue weighted by atomic mass is 10.2. The molecule has 8 nitrogen and oxygen atoms in total. The van der Waals surface area contributed by atoms with Crippen LogP contribution in [0.4, 0.5) is 0 Å². The molecule has 0 bridgehead atoms. The molecule has 0 radical (unpaired) electrons. The molecule has 2 aromatic heterocycles. The van der Waals surface area contributed by atoms with Gasteiger partial charge in [0.25, 0.3) is 5.91 Å². The predicted octanol–water partition coefficient (Wildman–Crippen LogP) is 0.876. The number of amides is 1. The predicted molar refractivity (Wildman–Crippen MR) is 79.8 cm³/mol. The third-order valence-electron chi connectivity index (χ3n) is 3.31. The molecule has 2 aromatic rings. The minimum atomic E-state index is -0.378. The van der Waals surface area contributed by atoms with E-state index in [1.165, 1.54) is 25.7 Å². The van der Waals surface area contributed by atoms with Crippen molar-refractivity contribution >= 4 is 5.91 Å². The molecule has 0 aliphatic heterocycles. The lowest BCUT2D eigenvalue weighted by Crippen LogP contribution is -2.31. The standard InChI is InChI=1S/C14H19N5O3/c1-4-9(13-16-8-17-19(13)5-2)18-14(21)10-6-11(20)12(22-3)7-15-10/h6-9H,4-5H2,1-3H3,(H,15,20)(H,18,21)/t9-/m1/s1. The average molecular weight is 305 g/mol. The first-order valence-electron chi connectivity index (χ1n) is 7.05. The maximum atomic E-state index is 12.3. The molecule has 0 aliphatic rings. The molecule has 0 aromatic carbocycles. The van der Waals surface area contributed by atoms with Gasteiger partial charge in [-0.1, -0.05) is 6.92 Å². The fraction of sp³-hybridized carbons (Fsp3) is 0.429. The Morgan fingerprint density at radius 1 is 1.50 bits per heavy atom. The number of hydrogen-bond acceptors (Lipinski definition) is 5. The quantitative estimate of drug-likeness (QED) is 0.824. The van der Waals surface area contributed by atoms with Crippen molar-refractivity contribution in [1.29, 1.82) is 0 Å². The Balaban J connectivity index is 2.19. The summed E-state index contributed by atoms with van der Waals surface area (Å²) in [6.07, 6.45) is 3.49. The maximum Gasteiger partial charge on any atom is 0.268 e. The number of H-pyrrole nitrogens is 1. The Kier molecular flexibility index (Phi) is 4.92. The zero-order valence-electron chi connectivity index (χ0n) is 12.8. The molecule has 0 fully saturated rings. The van der Waals surface area contributed by atoms with Crippen molar-refractivity contribution in [2.24, 2.45) is 0 Å². The van der Waals surface area contributed by atoms with Crippen molar-refractivity contribution < 1.29 is 9.53 Å². The number of carbonyl (C=O) groups is 1. The summed E-state index contributed by atoms with van der Waals surface area (Å²) < 4.78 is 6.60. The van der Waals surface area contributed by atoms with Crippen molar-refractivity contribution in [3.8, 4) is 5.75 Å². The first-order chi connectivity index (χ1) is 10.6. The van der Waals surface area contributed by atoms with Gasteiger partial charge in [0, 0.05) is 18.8 Å². The second-order valence-electron chi connectivity index (χ2n) is 4.65. The number of aromatic amines is 1. The van der Waals surface area contributed by atoms with Gasteiger partial charge in [0.05, 0.1) is 13.2 Å². The number of nitrogens with one attached hydrogen (secondary N) is 2. The SMILES string of the molecule is CC[C@@H](NC(=O)c1cc(=O)c(OC)c[nH]1)c1ncnn1CC. The van der Waals surface area contributed by atoms with E-state index >= 15 is 0 Å². The fourth-order valence-corrected chi connectivity index (χ4v) is 2.12. The number of hydrogen-bond donors (Lipinski definition) is 2. The Morgan fingerprint density at radius 3 is 2.86 bits per heavy atom. The van der Waals surface area contributed by atoms with E-state index in [1.807, 2.05) is 13.8 Å². The van der Waals surface area contributed by atoms with Crippen LogP contribution < -0.4 is 15.5 Å². The van der Waals surface area contributed by atoms with E-state index in [1.54, 1.807) is 4.68 Å². The van der Waals surface area contributed by atoms with Crippen molar-refractivity contribution in [1.82, 2.24) is 25.1 Å². The molecule has 118 valence electrons. The second kappa shape index (κ2) is 6.88. The van der Waals surface area contributed by atoms with Crippen LogP contribution in [0.2, 0.25) is 0 Å². The molecule has 1 amide bonds. The summed E-state index contributed by atoms with van der Waals surface area (Å²) in [5.41, 5.74) is -0.178. The van der Waals surface area contributed by atoms with Crippen molar-refractivity contribution in [3.05, 3.63) is 40.3 Å². The summed E-state index contributed by atoms with van der Waals surface area (Å²) in [6, 6.07) is 0.936. The molecule has 2 N–H and O–H groups in total. The summed E-state index contributed by atoms with van der Waals surface area (Å²) in [7, 11) is 1.40. The Hall–Kier alpha value is -2.64. The van der Waals surface area contributed by atoms with Gasteiger partial charge in [-0.25, -0.2) is 9.67 Å². The van der Waals surface area contributed by atoms with E-state index < -0.39 is 0 Å². The zero-order valence-corrected chi connectivity index (χ0v) is 12.8. The van der Waals surface area contributed by atoms with Gasteiger partial charge in [-0.05, 0) is 13.3 Å². The number of aryl methyl sites for hydroxylation is 1. The highest BCUT2D eigenvalue weighted by atomic mass is 16.5. The summed E-state index contributed by atoms with van der Waals surface area (Å²) in [5.74, 6) is 0.473. The molecular formula is C14H19N5O3. The summed E-state index contributed by atoms with van der Waals surface area (Å²) in [5, 5.41) is 6.95. The smallest absolute Gasteiger partial charge is 0.268 e. The minimum Gasteiger partial charge on any atom is -0.491 e. The third kappa shape index (κ3) is 3.16. The summed E-state index contributed by atoms with van der Waals surface area (Å²) in [6.45, 7) is 4.56. The number of nitrogens with zero attached hydrogens (tertiary/aromatic N) is 3. The van der Waals surface area contributed by atoms with Crippen LogP contribution in [0.5, 0.6) is 5.75 Å². The van der Waals surface area contributed by atoms with Gasteiger partial charge in [0.2, 0.25) is 5.43 Å². The van der Waals surface area contributed by atoms with E-state index in [2.05, 4.69) is 20.4 Å². The normalized spacial score (nSPS) is 12.0. The molecular weight excluding hydrogens is 286 g/mol. The van der Waals surface area contributed by atoms with Crippen LogP contribution in [-0.2, 0) is 6.54 Å². The monoisotopic (exact) mass is 305 g/mol. The number of pyridine rings is 1. The van der Waals surface area contributed by atoms with Crippen molar-refractivity contribution in [2.75, 3.05) is 7.11 Å². The highest BCUT2D eigenvalue weighted by Crippen LogP contribution is 2.14. The number of aromatic nitrogens is 4. The van der Waals surface area contributed by atoms with E-state index in [-0.39, 0.29) is 28.8 Å². The Morgan fingerprint density at radius 2 is 2.27 bits per heavy atom. The second-order valence-corrected chi connectivity index (χ2v) is 4.65. The molecule has 0 spiro atoms. The van der Waals surface area contributed by atoms with Gasteiger partial charge in [-0.2, -0.15) is 5.10 Å². The molecule has 0 saturated carbocycles. The summed E-state index contributed by atoms with van der Waals surface area (Å²) in [4.78, 5) is 30.9. The van der Waals surface area contributed by atoms with Crippen LogP contribution in [0.3, 0.4) is 0 Å². The number of carbonyl (C=O) groups excluding carboxylic acids is 1. The highest BCUT2D eigenvalue weighted by Gasteiger charge is 2.19. The first kappa shape index (κ1) is 15.7. The van der Waals surface area contributed by atoms with Gasteiger partial charge < -0.3 is 15.0 Å². The van der Waals surface area contributed by atoms with E-state index in [0.717, 1.165) is 0 Å². The van der Waals surface area contributed by atoms with Crippen LogP contribution >= 0.6 is 0 Å². The topological polar surface area (TPSA) is 102 Å². The van der Waals surface area contributed by atoms with Gasteiger partial charge in [-0.3, -0.25) is 9.59 Å². The first-order valence-corrected chi connectivity index (χ1v) is 7.05. The zero-order chi connectivity index (χ0) is 16.1. The van der Waals surface area contributed by atoms with E-state index in [9.17, 15) is 9.59 Å². The number of methoxy groups -OCH3 is 1. The third-order valence-corrected chi connectivity index (χ3v) is 3.31. The van der Waals surface area contributed by atoms with Gasteiger partial charge >= 0.3 is 0 Å². The molecule has 0 aliphatic carbocycles. The van der Waals surface area contributed by atoms with E-state index in [0.29, 0.717) is 18.8 Å². The van der Waals surface area contributed by atoms with Gasteiger partial charge in [-0.15, -0.1) is 0 Å². The fourth-order valence-electron chi connectivity index (χ4n) is 2.12. The largest absolute Gasteiger partial charge is 0.491 e. The number of rotatable bonds is 6.